The second-order valence-electron chi connectivity index (χ2n) is 5.96. The van der Waals surface area contributed by atoms with Crippen LogP contribution in [0.1, 0.15) is 52.1 Å². The van der Waals surface area contributed by atoms with Gasteiger partial charge in [-0.05, 0) is 44.0 Å². The predicted molar refractivity (Wildman–Crippen MR) is 101 cm³/mol. The lowest BCUT2D eigenvalue weighted by Gasteiger charge is -2.07. The average Bonchev–Trinajstić information content (AvgIpc) is 2.64. The number of carbonyl (C=O) groups excluding carboxylic acids is 2. The third kappa shape index (κ3) is 6.44. The van der Waals surface area contributed by atoms with Gasteiger partial charge in [0.25, 0.3) is 11.8 Å². The van der Waals surface area contributed by atoms with Crippen LogP contribution in [-0.2, 0) is 0 Å². The topological polar surface area (TPSA) is 84.0 Å². The molecule has 0 saturated carbocycles. The highest BCUT2D eigenvalue weighted by Gasteiger charge is 2.10. The van der Waals surface area contributed by atoms with Crippen molar-refractivity contribution in [1.82, 2.24) is 20.6 Å². The molecule has 138 valence electrons. The smallest absolute Gasteiger partial charge is 0.254 e. The third-order valence-corrected chi connectivity index (χ3v) is 4.12. The number of pyridine rings is 2. The molecular weight excluding hydrogens is 352 g/mol. The first-order valence-electron chi connectivity index (χ1n) is 8.67. The summed E-state index contributed by atoms with van der Waals surface area (Å²) in [6.45, 7) is 3.04. The Bertz CT molecular complexity index is 738. The molecule has 0 aliphatic rings. The highest BCUT2D eigenvalue weighted by molar-refractivity contribution is 6.32. The normalized spacial score (nSPS) is 10.4. The highest BCUT2D eigenvalue weighted by Crippen LogP contribution is 2.13. The van der Waals surface area contributed by atoms with Crippen molar-refractivity contribution in [3.63, 3.8) is 0 Å². The SMILES string of the molecule is Cc1ccc(C(=O)NCCCCCCNC(=O)c2cccnc2)c(Cl)n1. The number of rotatable bonds is 9. The predicted octanol–water partition coefficient (Wildman–Crippen LogP) is 3.16. The van der Waals surface area contributed by atoms with Crippen LogP contribution in [0, 0.1) is 6.92 Å². The second-order valence-corrected chi connectivity index (χ2v) is 6.32. The van der Waals surface area contributed by atoms with Gasteiger partial charge in [0.05, 0.1) is 11.1 Å². The van der Waals surface area contributed by atoms with E-state index >= 15 is 0 Å². The summed E-state index contributed by atoms with van der Waals surface area (Å²) in [5, 5.41) is 5.95. The molecule has 0 aliphatic carbocycles. The van der Waals surface area contributed by atoms with Crippen LogP contribution in [-0.4, -0.2) is 34.9 Å². The summed E-state index contributed by atoms with van der Waals surface area (Å²) in [7, 11) is 0. The number of hydrogen-bond donors (Lipinski definition) is 2. The van der Waals surface area contributed by atoms with Crippen LogP contribution in [0.25, 0.3) is 0 Å². The van der Waals surface area contributed by atoms with Crippen LogP contribution in [0.2, 0.25) is 5.15 Å². The molecule has 0 unspecified atom stereocenters. The number of unbranched alkanes of at least 4 members (excludes halogenated alkanes) is 3. The maximum atomic E-state index is 12.0. The zero-order valence-electron chi connectivity index (χ0n) is 14.8. The number of nitrogens with one attached hydrogen (secondary N) is 2. The summed E-state index contributed by atoms with van der Waals surface area (Å²) in [6.07, 6.45) is 6.92. The maximum absolute atomic E-state index is 12.0. The molecule has 0 spiro atoms. The molecule has 0 saturated heterocycles. The van der Waals surface area contributed by atoms with E-state index in [1.807, 2.05) is 6.92 Å². The lowest BCUT2D eigenvalue weighted by molar-refractivity contribution is 0.0943. The molecule has 2 heterocycles. The first kappa shape index (κ1) is 19.8. The Hall–Kier alpha value is -2.47. The van der Waals surface area contributed by atoms with E-state index in [2.05, 4.69) is 20.6 Å². The van der Waals surface area contributed by atoms with E-state index in [1.54, 1.807) is 36.7 Å². The van der Waals surface area contributed by atoms with Crippen molar-refractivity contribution < 1.29 is 9.59 Å². The molecule has 2 amide bonds. The standard InChI is InChI=1S/C19H23ClN4O2/c1-14-8-9-16(17(20)24-14)19(26)23-12-5-3-2-4-11-22-18(25)15-7-6-10-21-13-15/h6-10,13H,2-5,11-12H2,1H3,(H,22,25)(H,23,26). The van der Waals surface area contributed by atoms with Crippen molar-refractivity contribution in [2.45, 2.75) is 32.6 Å². The Labute approximate surface area is 158 Å². The molecule has 0 aliphatic heterocycles. The van der Waals surface area contributed by atoms with Gasteiger partial charge in [-0.25, -0.2) is 4.98 Å². The van der Waals surface area contributed by atoms with E-state index < -0.39 is 0 Å². The van der Waals surface area contributed by atoms with E-state index in [-0.39, 0.29) is 17.0 Å². The zero-order chi connectivity index (χ0) is 18.8. The maximum Gasteiger partial charge on any atom is 0.254 e. The van der Waals surface area contributed by atoms with Gasteiger partial charge in [-0.15, -0.1) is 0 Å². The van der Waals surface area contributed by atoms with Gasteiger partial charge in [-0.2, -0.15) is 0 Å². The third-order valence-electron chi connectivity index (χ3n) is 3.83. The number of nitrogens with zero attached hydrogens (tertiary/aromatic N) is 2. The molecule has 0 fully saturated rings. The number of amides is 2. The minimum Gasteiger partial charge on any atom is -0.352 e. The minimum atomic E-state index is -0.203. The van der Waals surface area contributed by atoms with E-state index in [0.29, 0.717) is 24.2 Å². The Kier molecular flexibility index (Phi) is 8.02. The summed E-state index contributed by atoms with van der Waals surface area (Å²) in [6, 6.07) is 6.93. The number of aromatic nitrogens is 2. The quantitative estimate of drug-likeness (QED) is 0.521. The Morgan fingerprint density at radius 3 is 2.31 bits per heavy atom. The van der Waals surface area contributed by atoms with Gasteiger partial charge in [-0.1, -0.05) is 24.4 Å². The van der Waals surface area contributed by atoms with Crippen molar-refractivity contribution in [1.29, 1.82) is 0 Å². The van der Waals surface area contributed by atoms with E-state index in [0.717, 1.165) is 31.4 Å². The molecule has 0 radical (unpaired) electrons. The van der Waals surface area contributed by atoms with Crippen LogP contribution < -0.4 is 10.6 Å². The fourth-order valence-electron chi connectivity index (χ4n) is 2.40. The molecule has 0 aromatic carbocycles. The lowest BCUT2D eigenvalue weighted by Crippen LogP contribution is -2.25. The van der Waals surface area contributed by atoms with Crippen molar-refractivity contribution in [3.05, 3.63) is 58.6 Å². The van der Waals surface area contributed by atoms with Gasteiger partial charge in [0.2, 0.25) is 0 Å². The first-order chi connectivity index (χ1) is 12.6. The van der Waals surface area contributed by atoms with Gasteiger partial charge in [0.1, 0.15) is 5.15 Å². The van der Waals surface area contributed by atoms with Gasteiger partial charge < -0.3 is 10.6 Å². The Morgan fingerprint density at radius 1 is 1.00 bits per heavy atom. The number of hydrogen-bond acceptors (Lipinski definition) is 4. The molecule has 2 N–H and O–H groups in total. The van der Waals surface area contributed by atoms with Crippen LogP contribution in [0.4, 0.5) is 0 Å². The number of carbonyl (C=O) groups is 2. The molecule has 2 rings (SSSR count). The monoisotopic (exact) mass is 374 g/mol. The van der Waals surface area contributed by atoms with Gasteiger partial charge >= 0.3 is 0 Å². The molecule has 0 atom stereocenters. The fraction of sp³-hybridized carbons (Fsp3) is 0.368. The van der Waals surface area contributed by atoms with Gasteiger partial charge in [0.15, 0.2) is 0 Å². The first-order valence-corrected chi connectivity index (χ1v) is 9.05. The Morgan fingerprint density at radius 2 is 1.69 bits per heavy atom. The van der Waals surface area contributed by atoms with E-state index in [9.17, 15) is 9.59 Å². The van der Waals surface area contributed by atoms with Gasteiger partial charge in [-0.3, -0.25) is 14.6 Å². The molecule has 2 aromatic heterocycles. The van der Waals surface area contributed by atoms with Crippen molar-refractivity contribution in [3.8, 4) is 0 Å². The molecule has 26 heavy (non-hydrogen) atoms. The van der Waals surface area contributed by atoms with Crippen molar-refractivity contribution >= 4 is 23.4 Å². The minimum absolute atomic E-state index is 0.103. The summed E-state index contributed by atoms with van der Waals surface area (Å²) in [4.78, 5) is 31.9. The van der Waals surface area contributed by atoms with Crippen LogP contribution in [0.15, 0.2) is 36.7 Å². The van der Waals surface area contributed by atoms with Gasteiger partial charge in [0, 0.05) is 31.2 Å². The largest absolute Gasteiger partial charge is 0.352 e. The van der Waals surface area contributed by atoms with Crippen LogP contribution >= 0.6 is 11.6 Å². The number of halogens is 1. The summed E-state index contributed by atoms with van der Waals surface area (Å²) < 4.78 is 0. The average molecular weight is 375 g/mol. The van der Waals surface area contributed by atoms with Crippen molar-refractivity contribution in [2.75, 3.05) is 13.1 Å². The summed E-state index contributed by atoms with van der Waals surface area (Å²) in [5.41, 5.74) is 1.75. The molecule has 0 bridgehead atoms. The molecule has 7 heteroatoms. The van der Waals surface area contributed by atoms with E-state index in [1.165, 1.54) is 0 Å². The lowest BCUT2D eigenvalue weighted by atomic mass is 10.2. The second kappa shape index (κ2) is 10.5. The Balaban J connectivity index is 1.54. The molecule has 2 aromatic rings. The summed E-state index contributed by atoms with van der Waals surface area (Å²) >= 11 is 5.98. The molecular formula is C19H23ClN4O2. The van der Waals surface area contributed by atoms with Crippen LogP contribution in [0.5, 0.6) is 0 Å². The summed E-state index contributed by atoms with van der Waals surface area (Å²) in [5.74, 6) is -0.305. The van der Waals surface area contributed by atoms with Crippen molar-refractivity contribution in [2.24, 2.45) is 0 Å². The highest BCUT2D eigenvalue weighted by atomic mass is 35.5. The number of aryl methyl sites for hydroxylation is 1. The molecule has 6 nitrogen and oxygen atoms in total. The zero-order valence-corrected chi connectivity index (χ0v) is 15.6. The van der Waals surface area contributed by atoms with Crippen LogP contribution in [0.3, 0.4) is 0 Å². The van der Waals surface area contributed by atoms with E-state index in [4.69, 9.17) is 11.6 Å². The fourth-order valence-corrected chi connectivity index (χ4v) is 2.68.